The molecule has 148 valence electrons. The maximum Gasteiger partial charge on any atom is 0.271 e. The van der Waals surface area contributed by atoms with Crippen LogP contribution in [0.15, 0.2) is 29.3 Å². The molecule has 5 heterocycles. The molecule has 29 heavy (non-hydrogen) atoms. The minimum Gasteiger partial charge on any atom is -0.377 e. The SMILES string of the molecule is CC1COCCN1C(=O)c1[nH]c2ncnc(Nc3cnc4[nH]ncc4c3)c2c1Br. The number of H-pyrrole nitrogens is 2. The van der Waals surface area contributed by atoms with Crippen LogP contribution in [0.3, 0.4) is 0 Å². The van der Waals surface area contributed by atoms with Crippen molar-refractivity contribution in [1.29, 1.82) is 0 Å². The summed E-state index contributed by atoms with van der Waals surface area (Å²) in [6, 6.07) is 1.92. The van der Waals surface area contributed by atoms with Crippen LogP contribution in [0.5, 0.6) is 0 Å². The Labute approximate surface area is 173 Å². The lowest BCUT2D eigenvalue weighted by molar-refractivity contribution is 0.00327. The van der Waals surface area contributed by atoms with Crippen LogP contribution in [0.1, 0.15) is 17.4 Å². The molecule has 1 fully saturated rings. The van der Waals surface area contributed by atoms with Gasteiger partial charge in [-0.2, -0.15) is 5.10 Å². The minimum absolute atomic E-state index is 0.00556. The predicted molar refractivity (Wildman–Crippen MR) is 110 cm³/mol. The van der Waals surface area contributed by atoms with Crippen LogP contribution in [0.4, 0.5) is 11.5 Å². The Morgan fingerprint density at radius 3 is 3.07 bits per heavy atom. The Morgan fingerprint density at radius 2 is 2.21 bits per heavy atom. The number of carbonyl (C=O) groups excluding carboxylic acids is 1. The van der Waals surface area contributed by atoms with E-state index in [1.165, 1.54) is 6.33 Å². The average molecular weight is 457 g/mol. The molecule has 1 atom stereocenters. The van der Waals surface area contributed by atoms with Crippen LogP contribution in [-0.2, 0) is 4.74 Å². The number of amides is 1. The van der Waals surface area contributed by atoms with Crippen molar-refractivity contribution in [2.45, 2.75) is 13.0 Å². The summed E-state index contributed by atoms with van der Waals surface area (Å²) < 4.78 is 6.06. The van der Waals surface area contributed by atoms with E-state index >= 15 is 0 Å². The van der Waals surface area contributed by atoms with Gasteiger partial charge in [-0.1, -0.05) is 0 Å². The Morgan fingerprint density at radius 1 is 1.31 bits per heavy atom. The van der Waals surface area contributed by atoms with E-state index in [4.69, 9.17) is 4.74 Å². The molecule has 0 spiro atoms. The zero-order valence-electron chi connectivity index (χ0n) is 15.4. The monoisotopic (exact) mass is 456 g/mol. The van der Waals surface area contributed by atoms with Gasteiger partial charge in [-0.05, 0) is 28.9 Å². The van der Waals surface area contributed by atoms with Crippen molar-refractivity contribution in [3.8, 4) is 0 Å². The van der Waals surface area contributed by atoms with Gasteiger partial charge in [-0.25, -0.2) is 15.0 Å². The molecule has 1 unspecified atom stereocenters. The highest BCUT2D eigenvalue weighted by Crippen LogP contribution is 2.34. The summed E-state index contributed by atoms with van der Waals surface area (Å²) in [6.45, 7) is 3.58. The highest BCUT2D eigenvalue weighted by molar-refractivity contribution is 9.10. The summed E-state index contributed by atoms with van der Waals surface area (Å²) in [7, 11) is 0. The first-order chi connectivity index (χ1) is 14.1. The summed E-state index contributed by atoms with van der Waals surface area (Å²) in [5.74, 6) is 0.468. The third-order valence-corrected chi connectivity index (χ3v) is 5.72. The number of hydrogen-bond acceptors (Lipinski definition) is 7. The van der Waals surface area contributed by atoms with Crippen molar-refractivity contribution < 1.29 is 9.53 Å². The molecule has 11 heteroatoms. The molecule has 4 aromatic rings. The van der Waals surface area contributed by atoms with E-state index in [2.05, 4.69) is 51.4 Å². The number of anilines is 2. The van der Waals surface area contributed by atoms with Crippen molar-refractivity contribution in [1.82, 2.24) is 35.0 Å². The summed E-state index contributed by atoms with van der Waals surface area (Å²) >= 11 is 3.58. The molecular weight excluding hydrogens is 440 g/mol. The summed E-state index contributed by atoms with van der Waals surface area (Å²) in [6.07, 6.45) is 4.84. The predicted octanol–water partition coefficient (Wildman–Crippen LogP) is 2.60. The third-order valence-electron chi connectivity index (χ3n) is 4.93. The zero-order valence-corrected chi connectivity index (χ0v) is 17.0. The summed E-state index contributed by atoms with van der Waals surface area (Å²) in [5, 5.41) is 11.6. The lowest BCUT2D eigenvalue weighted by Crippen LogP contribution is -2.47. The highest BCUT2D eigenvalue weighted by atomic mass is 79.9. The zero-order chi connectivity index (χ0) is 20.0. The smallest absolute Gasteiger partial charge is 0.271 e. The van der Waals surface area contributed by atoms with Gasteiger partial charge in [0.15, 0.2) is 5.65 Å². The van der Waals surface area contributed by atoms with Gasteiger partial charge in [-0.15, -0.1) is 0 Å². The van der Waals surface area contributed by atoms with Gasteiger partial charge in [0.05, 0.1) is 47.2 Å². The number of nitrogens with one attached hydrogen (secondary N) is 3. The van der Waals surface area contributed by atoms with Gasteiger partial charge in [0.25, 0.3) is 5.91 Å². The molecule has 1 aliphatic rings. The molecule has 0 aliphatic carbocycles. The summed E-state index contributed by atoms with van der Waals surface area (Å²) in [5.41, 5.74) is 2.47. The maximum atomic E-state index is 13.1. The Bertz CT molecular complexity index is 1220. The second-order valence-electron chi connectivity index (χ2n) is 6.84. The van der Waals surface area contributed by atoms with E-state index in [1.54, 1.807) is 17.3 Å². The molecule has 4 aromatic heterocycles. The summed E-state index contributed by atoms with van der Waals surface area (Å²) in [4.78, 5) is 31.0. The normalized spacial score (nSPS) is 17.2. The van der Waals surface area contributed by atoms with Crippen molar-refractivity contribution in [2.75, 3.05) is 25.1 Å². The van der Waals surface area contributed by atoms with Gasteiger partial charge >= 0.3 is 0 Å². The number of fused-ring (bicyclic) bond motifs is 2. The number of hydrogen-bond donors (Lipinski definition) is 3. The molecule has 1 aliphatic heterocycles. The van der Waals surface area contributed by atoms with E-state index in [9.17, 15) is 4.79 Å². The highest BCUT2D eigenvalue weighted by Gasteiger charge is 2.29. The number of pyridine rings is 1. The molecule has 0 radical (unpaired) electrons. The van der Waals surface area contributed by atoms with Crippen LogP contribution in [0, 0.1) is 0 Å². The fraction of sp³-hybridized carbons (Fsp3) is 0.278. The van der Waals surface area contributed by atoms with Crippen molar-refractivity contribution in [2.24, 2.45) is 0 Å². The largest absolute Gasteiger partial charge is 0.377 e. The van der Waals surface area contributed by atoms with E-state index in [1.807, 2.05) is 13.0 Å². The van der Waals surface area contributed by atoms with Crippen molar-refractivity contribution in [3.63, 3.8) is 0 Å². The molecule has 5 rings (SSSR count). The van der Waals surface area contributed by atoms with E-state index < -0.39 is 0 Å². The second kappa shape index (κ2) is 7.08. The molecule has 10 nitrogen and oxygen atoms in total. The topological polar surface area (TPSA) is 125 Å². The van der Waals surface area contributed by atoms with E-state index in [0.717, 1.165) is 11.1 Å². The van der Waals surface area contributed by atoms with E-state index in [-0.39, 0.29) is 11.9 Å². The fourth-order valence-corrected chi connectivity index (χ4v) is 4.09. The van der Waals surface area contributed by atoms with E-state index in [0.29, 0.717) is 52.4 Å². The van der Waals surface area contributed by atoms with Crippen molar-refractivity contribution >= 4 is 55.4 Å². The Kier molecular flexibility index (Phi) is 4.40. The van der Waals surface area contributed by atoms with Crippen molar-refractivity contribution in [3.05, 3.63) is 35.0 Å². The molecule has 1 saturated heterocycles. The minimum atomic E-state index is -0.0990. The second-order valence-corrected chi connectivity index (χ2v) is 7.63. The quantitative estimate of drug-likeness (QED) is 0.432. The Hall–Kier alpha value is -3.05. The number of rotatable bonds is 3. The number of carbonyl (C=O) groups is 1. The third kappa shape index (κ3) is 3.12. The van der Waals surface area contributed by atoms with Gasteiger partial charge in [0.2, 0.25) is 0 Å². The number of nitrogens with zero attached hydrogens (tertiary/aromatic N) is 5. The lowest BCUT2D eigenvalue weighted by atomic mass is 10.2. The number of aromatic amines is 2. The molecule has 0 bridgehead atoms. The standard InChI is InChI=1S/C18H17BrN8O2/c1-9-7-29-3-2-27(9)18(28)14-13(19)12-16(21-8-22-17(12)25-14)24-11-4-10-5-23-26-15(10)20-6-11/h4-6,8-9H,2-3,7H2,1H3,(H,20,23,26)(H2,21,22,24,25). The van der Waals surface area contributed by atoms with Gasteiger partial charge in [-0.3, -0.25) is 9.89 Å². The Balaban J connectivity index is 1.52. The molecule has 3 N–H and O–H groups in total. The molecule has 0 aromatic carbocycles. The first kappa shape index (κ1) is 18.0. The van der Waals surface area contributed by atoms with Crippen LogP contribution in [-0.4, -0.2) is 66.7 Å². The van der Waals surface area contributed by atoms with Gasteiger partial charge in [0, 0.05) is 11.9 Å². The van der Waals surface area contributed by atoms with Gasteiger partial charge in [0.1, 0.15) is 23.5 Å². The van der Waals surface area contributed by atoms with Crippen LogP contribution < -0.4 is 5.32 Å². The lowest BCUT2D eigenvalue weighted by Gasteiger charge is -2.33. The first-order valence-corrected chi connectivity index (χ1v) is 9.88. The van der Waals surface area contributed by atoms with Gasteiger partial charge < -0.3 is 19.9 Å². The number of aromatic nitrogens is 6. The average Bonchev–Trinajstić information content (AvgIpc) is 3.32. The fourth-order valence-electron chi connectivity index (χ4n) is 3.44. The molecule has 1 amide bonds. The maximum absolute atomic E-state index is 13.1. The van der Waals surface area contributed by atoms with Crippen LogP contribution in [0.25, 0.3) is 22.1 Å². The number of halogens is 1. The van der Waals surface area contributed by atoms with Crippen LogP contribution in [0.2, 0.25) is 0 Å². The first-order valence-electron chi connectivity index (χ1n) is 9.09. The van der Waals surface area contributed by atoms with Crippen LogP contribution >= 0.6 is 15.9 Å². The molecular formula is C18H17BrN8O2. The number of ether oxygens (including phenoxy) is 1. The number of morpholine rings is 1. The molecule has 0 saturated carbocycles.